The molecule has 1 unspecified atom stereocenters. The lowest BCUT2D eigenvalue weighted by molar-refractivity contribution is -0.121. The van der Waals surface area contributed by atoms with Gasteiger partial charge in [-0.2, -0.15) is 0 Å². The van der Waals surface area contributed by atoms with Crippen LogP contribution in [0.5, 0.6) is 0 Å². The van der Waals surface area contributed by atoms with Gasteiger partial charge in [0.2, 0.25) is 5.78 Å². The van der Waals surface area contributed by atoms with Gasteiger partial charge in [-0.05, 0) is 43.9 Å². The monoisotopic (exact) mass is 304 g/mol. The minimum absolute atomic E-state index is 0.00195. The molecule has 0 radical (unpaired) electrons. The average Bonchev–Trinajstić information content (AvgIpc) is 2.82. The molecule has 5 heteroatoms. The Morgan fingerprint density at radius 1 is 1.18 bits per heavy atom. The number of hydrogen-bond acceptors (Lipinski definition) is 5. The van der Waals surface area contributed by atoms with Crippen LogP contribution in [0.15, 0.2) is 35.8 Å². The van der Waals surface area contributed by atoms with Crippen molar-refractivity contribution in [3.05, 3.63) is 46.9 Å². The standard InChI is InChI=1S/C17H20O5/c1-11-15(18)14(17(21-3)22-11)6-4-5-12-7-9-13(10-8-12)16(19)20-2/h7-11H,4-6H2,1-3H3. The second-order valence-corrected chi connectivity index (χ2v) is 5.14. The molecule has 22 heavy (non-hydrogen) atoms. The van der Waals surface area contributed by atoms with E-state index in [0.29, 0.717) is 23.5 Å². The molecule has 1 atom stereocenters. The minimum Gasteiger partial charge on any atom is -0.468 e. The number of aryl methyl sites for hydroxylation is 1. The number of benzene rings is 1. The Balaban J connectivity index is 1.91. The van der Waals surface area contributed by atoms with Crippen LogP contribution < -0.4 is 0 Å². The summed E-state index contributed by atoms with van der Waals surface area (Å²) in [6, 6.07) is 7.28. The third-order valence-electron chi connectivity index (χ3n) is 3.65. The van der Waals surface area contributed by atoms with Crippen LogP contribution in [0.2, 0.25) is 0 Å². The Bertz CT molecular complexity index is 586. The minimum atomic E-state index is -0.454. The molecule has 0 saturated heterocycles. The maximum atomic E-state index is 12.0. The molecule has 0 spiro atoms. The van der Waals surface area contributed by atoms with E-state index < -0.39 is 6.10 Å². The summed E-state index contributed by atoms with van der Waals surface area (Å²) in [6.07, 6.45) is 1.78. The highest BCUT2D eigenvalue weighted by Gasteiger charge is 2.32. The van der Waals surface area contributed by atoms with E-state index in [1.54, 1.807) is 19.1 Å². The van der Waals surface area contributed by atoms with E-state index in [0.717, 1.165) is 18.4 Å². The van der Waals surface area contributed by atoms with Crippen LogP contribution >= 0.6 is 0 Å². The van der Waals surface area contributed by atoms with Crippen molar-refractivity contribution < 1.29 is 23.8 Å². The number of rotatable bonds is 6. The number of carbonyl (C=O) groups excluding carboxylic acids is 2. The number of ketones is 1. The maximum Gasteiger partial charge on any atom is 0.337 e. The van der Waals surface area contributed by atoms with E-state index in [1.165, 1.54) is 14.2 Å². The highest BCUT2D eigenvalue weighted by Crippen LogP contribution is 2.26. The molecule has 1 heterocycles. The molecule has 0 aromatic heterocycles. The van der Waals surface area contributed by atoms with Crippen molar-refractivity contribution in [3.8, 4) is 0 Å². The third kappa shape index (κ3) is 3.47. The van der Waals surface area contributed by atoms with E-state index in [2.05, 4.69) is 4.74 Å². The Labute approximate surface area is 129 Å². The largest absolute Gasteiger partial charge is 0.468 e. The van der Waals surface area contributed by atoms with Crippen molar-refractivity contribution in [2.24, 2.45) is 0 Å². The van der Waals surface area contributed by atoms with Gasteiger partial charge in [-0.1, -0.05) is 12.1 Å². The van der Waals surface area contributed by atoms with Crippen molar-refractivity contribution in [2.45, 2.75) is 32.3 Å². The first-order chi connectivity index (χ1) is 10.6. The summed E-state index contributed by atoms with van der Waals surface area (Å²) in [5, 5.41) is 0. The van der Waals surface area contributed by atoms with Gasteiger partial charge in [-0.15, -0.1) is 0 Å². The van der Waals surface area contributed by atoms with Gasteiger partial charge < -0.3 is 14.2 Å². The molecule has 1 aromatic carbocycles. The fraction of sp³-hybridized carbons (Fsp3) is 0.412. The normalized spacial score (nSPS) is 17.4. The number of Topliss-reactive ketones (excluding diaryl/α,β-unsaturated/α-hetero) is 1. The number of esters is 1. The van der Waals surface area contributed by atoms with Gasteiger partial charge in [0.05, 0.1) is 25.4 Å². The molecule has 1 aliphatic rings. The van der Waals surface area contributed by atoms with Crippen LogP contribution in [0.25, 0.3) is 0 Å². The van der Waals surface area contributed by atoms with Crippen LogP contribution in [0.3, 0.4) is 0 Å². The first-order valence-corrected chi connectivity index (χ1v) is 7.22. The Hall–Kier alpha value is -2.30. The van der Waals surface area contributed by atoms with Gasteiger partial charge in [0.25, 0.3) is 5.95 Å². The Morgan fingerprint density at radius 3 is 2.45 bits per heavy atom. The van der Waals surface area contributed by atoms with Crippen LogP contribution in [-0.4, -0.2) is 32.1 Å². The summed E-state index contributed by atoms with van der Waals surface area (Å²) in [7, 11) is 2.87. The van der Waals surface area contributed by atoms with E-state index in [4.69, 9.17) is 9.47 Å². The quantitative estimate of drug-likeness (QED) is 0.756. The SMILES string of the molecule is COC(=O)c1ccc(CCCC2=C(OC)OC(C)C2=O)cc1. The van der Waals surface area contributed by atoms with Crippen molar-refractivity contribution in [1.29, 1.82) is 0 Å². The lowest BCUT2D eigenvalue weighted by Gasteiger charge is -2.05. The molecule has 0 bridgehead atoms. The molecule has 2 rings (SSSR count). The molecular weight excluding hydrogens is 284 g/mol. The van der Waals surface area contributed by atoms with Crippen molar-refractivity contribution in [2.75, 3.05) is 14.2 Å². The van der Waals surface area contributed by atoms with Gasteiger partial charge in [0.15, 0.2) is 6.10 Å². The Kier molecular flexibility index (Phi) is 5.20. The zero-order chi connectivity index (χ0) is 16.1. The highest BCUT2D eigenvalue weighted by molar-refractivity contribution is 6.00. The predicted molar refractivity (Wildman–Crippen MR) is 80.3 cm³/mol. The predicted octanol–water partition coefficient (Wildman–Crippen LogP) is 2.64. The summed E-state index contributed by atoms with van der Waals surface area (Å²) in [5.74, 6) is 0.000518. The molecule has 1 aliphatic heterocycles. The fourth-order valence-corrected chi connectivity index (χ4v) is 2.42. The number of methoxy groups -OCH3 is 2. The molecule has 0 saturated carbocycles. The van der Waals surface area contributed by atoms with Gasteiger partial charge in [0.1, 0.15) is 0 Å². The first-order valence-electron chi connectivity index (χ1n) is 7.22. The second-order valence-electron chi connectivity index (χ2n) is 5.14. The zero-order valence-corrected chi connectivity index (χ0v) is 13.0. The smallest absolute Gasteiger partial charge is 0.337 e. The van der Waals surface area contributed by atoms with Crippen molar-refractivity contribution in [1.82, 2.24) is 0 Å². The number of ether oxygens (including phenoxy) is 3. The van der Waals surface area contributed by atoms with E-state index in [1.807, 2.05) is 12.1 Å². The molecule has 0 fully saturated rings. The van der Waals surface area contributed by atoms with Crippen molar-refractivity contribution in [3.63, 3.8) is 0 Å². The van der Waals surface area contributed by atoms with E-state index in [9.17, 15) is 9.59 Å². The van der Waals surface area contributed by atoms with Crippen LogP contribution in [0, 0.1) is 0 Å². The summed E-state index contributed by atoms with van der Waals surface area (Å²) in [4.78, 5) is 23.3. The van der Waals surface area contributed by atoms with Gasteiger partial charge in [0, 0.05) is 0 Å². The van der Waals surface area contributed by atoms with Gasteiger partial charge in [-0.3, -0.25) is 4.79 Å². The molecule has 1 aromatic rings. The third-order valence-corrected chi connectivity index (χ3v) is 3.65. The molecule has 0 aliphatic carbocycles. The van der Waals surface area contributed by atoms with E-state index >= 15 is 0 Å². The molecule has 0 amide bonds. The molecule has 0 N–H and O–H groups in total. The average molecular weight is 304 g/mol. The molecule has 118 valence electrons. The van der Waals surface area contributed by atoms with Crippen LogP contribution in [0.1, 0.15) is 35.7 Å². The van der Waals surface area contributed by atoms with Gasteiger partial charge >= 0.3 is 5.97 Å². The van der Waals surface area contributed by atoms with Crippen molar-refractivity contribution >= 4 is 11.8 Å². The van der Waals surface area contributed by atoms with E-state index in [-0.39, 0.29) is 11.8 Å². The summed E-state index contributed by atoms with van der Waals surface area (Å²) in [5.41, 5.74) is 2.26. The fourth-order valence-electron chi connectivity index (χ4n) is 2.42. The highest BCUT2D eigenvalue weighted by atomic mass is 16.7. The zero-order valence-electron chi connectivity index (χ0n) is 13.0. The lowest BCUT2D eigenvalue weighted by Crippen LogP contribution is -2.13. The topological polar surface area (TPSA) is 61.8 Å². The first kappa shape index (κ1) is 16.1. The lowest BCUT2D eigenvalue weighted by atomic mass is 10.0. The van der Waals surface area contributed by atoms with Crippen LogP contribution in [0.4, 0.5) is 0 Å². The summed E-state index contributed by atoms with van der Waals surface area (Å²) in [6.45, 7) is 1.72. The Morgan fingerprint density at radius 2 is 1.86 bits per heavy atom. The summed E-state index contributed by atoms with van der Waals surface area (Å²) >= 11 is 0. The molecular formula is C17H20O5. The number of hydrogen-bond donors (Lipinski definition) is 0. The van der Waals surface area contributed by atoms with Gasteiger partial charge in [-0.25, -0.2) is 4.79 Å². The maximum absolute atomic E-state index is 12.0. The second kappa shape index (κ2) is 7.11. The number of carbonyl (C=O) groups is 2. The van der Waals surface area contributed by atoms with Crippen LogP contribution in [-0.2, 0) is 25.4 Å². The summed E-state index contributed by atoms with van der Waals surface area (Å²) < 4.78 is 15.1. The molecule has 5 nitrogen and oxygen atoms in total.